The van der Waals surface area contributed by atoms with Crippen molar-refractivity contribution in [2.75, 3.05) is 26.2 Å². The molecule has 3 N–H and O–H groups in total. The number of piperidine rings is 1. The van der Waals surface area contributed by atoms with Crippen LogP contribution in [0.1, 0.15) is 43.8 Å². The molecule has 3 rings (SSSR count). The SMILES string of the molecule is Cc1nnc(CN=C(NCC2CCCO2)N2CCCC(CC(N)=O)C2)n1C.I. The summed E-state index contributed by atoms with van der Waals surface area (Å²) in [5.74, 6) is 2.59. The van der Waals surface area contributed by atoms with E-state index in [4.69, 9.17) is 15.5 Å². The summed E-state index contributed by atoms with van der Waals surface area (Å²) in [6.07, 6.45) is 4.91. The molecule has 0 aromatic carbocycles. The van der Waals surface area contributed by atoms with E-state index >= 15 is 0 Å². The van der Waals surface area contributed by atoms with Crippen LogP contribution in [0.3, 0.4) is 0 Å². The number of nitrogens with one attached hydrogen (secondary N) is 1. The topological polar surface area (TPSA) is 111 Å². The largest absolute Gasteiger partial charge is 0.376 e. The summed E-state index contributed by atoms with van der Waals surface area (Å²) in [6, 6.07) is 0. The number of ether oxygens (including phenoxy) is 1. The predicted octanol–water partition coefficient (Wildman–Crippen LogP) is 0.954. The normalized spacial score (nSPS) is 22.8. The lowest BCUT2D eigenvalue weighted by atomic mass is 9.95. The van der Waals surface area contributed by atoms with Crippen LogP contribution in [-0.4, -0.2) is 63.9 Å². The van der Waals surface area contributed by atoms with Gasteiger partial charge >= 0.3 is 0 Å². The fraction of sp³-hybridized carbons (Fsp3) is 0.778. The van der Waals surface area contributed by atoms with Crippen molar-refractivity contribution in [1.29, 1.82) is 0 Å². The molecule has 2 atom stereocenters. The highest BCUT2D eigenvalue weighted by Gasteiger charge is 2.25. The van der Waals surface area contributed by atoms with E-state index in [9.17, 15) is 4.79 Å². The third-order valence-corrected chi connectivity index (χ3v) is 5.37. The van der Waals surface area contributed by atoms with Crippen LogP contribution in [-0.2, 0) is 23.1 Å². The van der Waals surface area contributed by atoms with Gasteiger partial charge in [-0.1, -0.05) is 0 Å². The van der Waals surface area contributed by atoms with E-state index in [-0.39, 0.29) is 41.9 Å². The Labute approximate surface area is 183 Å². The zero-order chi connectivity index (χ0) is 19.2. The standard InChI is InChI=1S/C18H31N7O2.HI/c1-13-22-23-17(24(13)2)11-21-18(20-10-15-6-4-8-27-15)25-7-3-5-14(12-25)9-16(19)26;/h14-15H,3-12H2,1-2H3,(H2,19,26)(H,20,21);1H. The van der Waals surface area contributed by atoms with Gasteiger partial charge in [-0.2, -0.15) is 0 Å². The number of hydrogen-bond donors (Lipinski definition) is 2. The number of aliphatic imine (C=N–C) groups is 1. The molecule has 158 valence electrons. The molecule has 10 heteroatoms. The molecule has 2 unspecified atom stereocenters. The zero-order valence-corrected chi connectivity index (χ0v) is 19.1. The van der Waals surface area contributed by atoms with Crippen molar-refractivity contribution in [2.45, 2.75) is 51.7 Å². The first-order valence-electron chi connectivity index (χ1n) is 9.81. The number of carbonyl (C=O) groups excluding carboxylic acids is 1. The van der Waals surface area contributed by atoms with Gasteiger partial charge in [-0.25, -0.2) is 4.99 Å². The van der Waals surface area contributed by atoms with E-state index < -0.39 is 0 Å². The maximum absolute atomic E-state index is 11.3. The molecule has 2 saturated heterocycles. The summed E-state index contributed by atoms with van der Waals surface area (Å²) >= 11 is 0. The molecule has 1 amide bonds. The summed E-state index contributed by atoms with van der Waals surface area (Å²) in [5, 5.41) is 11.8. The van der Waals surface area contributed by atoms with Gasteiger partial charge in [0.2, 0.25) is 5.91 Å². The van der Waals surface area contributed by atoms with Crippen molar-refractivity contribution < 1.29 is 9.53 Å². The molecule has 0 aliphatic carbocycles. The van der Waals surface area contributed by atoms with Crippen LogP contribution >= 0.6 is 24.0 Å². The number of likely N-dealkylation sites (tertiary alicyclic amines) is 1. The summed E-state index contributed by atoms with van der Waals surface area (Å²) in [6.45, 7) is 5.68. The number of guanidine groups is 1. The Morgan fingerprint density at radius 3 is 2.82 bits per heavy atom. The van der Waals surface area contributed by atoms with Gasteiger partial charge in [0.25, 0.3) is 0 Å². The van der Waals surface area contributed by atoms with Gasteiger partial charge in [0.05, 0.1) is 6.10 Å². The maximum atomic E-state index is 11.3. The van der Waals surface area contributed by atoms with Crippen molar-refractivity contribution >= 4 is 35.8 Å². The van der Waals surface area contributed by atoms with Crippen molar-refractivity contribution in [2.24, 2.45) is 23.7 Å². The molecule has 0 radical (unpaired) electrons. The Balaban J connectivity index is 0.00000280. The Morgan fingerprint density at radius 1 is 1.36 bits per heavy atom. The second-order valence-electron chi connectivity index (χ2n) is 7.50. The molecular formula is C18H32IN7O2. The van der Waals surface area contributed by atoms with Crippen molar-refractivity contribution in [3.05, 3.63) is 11.6 Å². The number of aryl methyl sites for hydroxylation is 1. The third-order valence-electron chi connectivity index (χ3n) is 5.37. The molecule has 2 fully saturated rings. The number of rotatable bonds is 6. The molecule has 3 heterocycles. The Hall–Kier alpha value is -1.43. The summed E-state index contributed by atoms with van der Waals surface area (Å²) in [5.41, 5.74) is 5.40. The monoisotopic (exact) mass is 505 g/mol. The van der Waals surface area contributed by atoms with E-state index in [0.29, 0.717) is 13.0 Å². The first kappa shape index (κ1) is 22.9. The van der Waals surface area contributed by atoms with Crippen LogP contribution in [0.25, 0.3) is 0 Å². The highest BCUT2D eigenvalue weighted by Crippen LogP contribution is 2.20. The number of halogens is 1. The highest BCUT2D eigenvalue weighted by atomic mass is 127. The zero-order valence-electron chi connectivity index (χ0n) is 16.8. The second-order valence-corrected chi connectivity index (χ2v) is 7.50. The van der Waals surface area contributed by atoms with Crippen LogP contribution in [0.5, 0.6) is 0 Å². The lowest BCUT2D eigenvalue weighted by Gasteiger charge is -2.35. The number of amides is 1. The number of aromatic nitrogens is 3. The molecule has 2 aliphatic heterocycles. The number of nitrogens with two attached hydrogens (primary N) is 1. The van der Waals surface area contributed by atoms with Crippen molar-refractivity contribution in [1.82, 2.24) is 25.0 Å². The van der Waals surface area contributed by atoms with Gasteiger partial charge in [-0.15, -0.1) is 34.2 Å². The lowest BCUT2D eigenvalue weighted by Crippen LogP contribution is -2.48. The van der Waals surface area contributed by atoms with Crippen molar-refractivity contribution in [3.8, 4) is 0 Å². The van der Waals surface area contributed by atoms with Crippen LogP contribution in [0.4, 0.5) is 0 Å². The van der Waals surface area contributed by atoms with E-state index in [1.54, 1.807) is 0 Å². The highest BCUT2D eigenvalue weighted by molar-refractivity contribution is 14.0. The molecular weight excluding hydrogens is 473 g/mol. The Bertz CT molecular complexity index is 673. The molecule has 0 bridgehead atoms. The molecule has 2 aliphatic rings. The van der Waals surface area contributed by atoms with Gasteiger partial charge in [-0.3, -0.25) is 4.79 Å². The van der Waals surface area contributed by atoms with Gasteiger partial charge in [0.15, 0.2) is 11.8 Å². The van der Waals surface area contributed by atoms with Gasteiger partial charge < -0.3 is 25.3 Å². The molecule has 1 aromatic heterocycles. The molecule has 1 aromatic rings. The quantitative estimate of drug-likeness (QED) is 0.339. The fourth-order valence-electron chi connectivity index (χ4n) is 3.72. The van der Waals surface area contributed by atoms with Crippen LogP contribution in [0.15, 0.2) is 4.99 Å². The van der Waals surface area contributed by atoms with Gasteiger partial charge in [-0.05, 0) is 38.5 Å². The van der Waals surface area contributed by atoms with Gasteiger partial charge in [0.1, 0.15) is 12.4 Å². The summed E-state index contributed by atoms with van der Waals surface area (Å²) in [4.78, 5) is 18.4. The first-order valence-corrected chi connectivity index (χ1v) is 9.81. The molecule has 0 spiro atoms. The third kappa shape index (κ3) is 6.29. The molecule has 28 heavy (non-hydrogen) atoms. The number of hydrogen-bond acceptors (Lipinski definition) is 5. The predicted molar refractivity (Wildman–Crippen MR) is 117 cm³/mol. The minimum Gasteiger partial charge on any atom is -0.376 e. The van der Waals surface area contributed by atoms with Crippen LogP contribution < -0.4 is 11.1 Å². The van der Waals surface area contributed by atoms with E-state index in [2.05, 4.69) is 20.4 Å². The fourth-order valence-corrected chi connectivity index (χ4v) is 3.72. The minimum atomic E-state index is -0.234. The van der Waals surface area contributed by atoms with E-state index in [0.717, 1.165) is 69.5 Å². The lowest BCUT2D eigenvalue weighted by molar-refractivity contribution is -0.119. The average molecular weight is 505 g/mol. The molecule has 9 nitrogen and oxygen atoms in total. The molecule has 0 saturated carbocycles. The summed E-state index contributed by atoms with van der Waals surface area (Å²) < 4.78 is 7.68. The van der Waals surface area contributed by atoms with Crippen molar-refractivity contribution in [3.63, 3.8) is 0 Å². The number of nitrogens with zero attached hydrogens (tertiary/aromatic N) is 5. The first-order chi connectivity index (χ1) is 13.0. The Kier molecular flexibility index (Phi) is 8.93. The Morgan fingerprint density at radius 2 is 2.18 bits per heavy atom. The van der Waals surface area contributed by atoms with Crippen LogP contribution in [0.2, 0.25) is 0 Å². The second kappa shape index (κ2) is 10.9. The maximum Gasteiger partial charge on any atom is 0.217 e. The number of primary amides is 1. The van der Waals surface area contributed by atoms with E-state index in [1.165, 1.54) is 0 Å². The van der Waals surface area contributed by atoms with Gasteiger partial charge in [0, 0.05) is 39.7 Å². The number of carbonyl (C=O) groups is 1. The minimum absolute atomic E-state index is 0. The smallest absolute Gasteiger partial charge is 0.217 e. The average Bonchev–Trinajstić information content (AvgIpc) is 3.26. The van der Waals surface area contributed by atoms with E-state index in [1.807, 2.05) is 18.5 Å². The summed E-state index contributed by atoms with van der Waals surface area (Å²) in [7, 11) is 1.95. The van der Waals surface area contributed by atoms with Crippen LogP contribution in [0, 0.1) is 12.8 Å².